The van der Waals surface area contributed by atoms with Gasteiger partial charge >= 0.3 is 0 Å². The van der Waals surface area contributed by atoms with Crippen LogP contribution in [0.25, 0.3) is 0 Å². The molecule has 2 rings (SSSR count). The SMILES string of the molecule is C[C@@H]1CCC[C@@H](N2CCC(CCO)CC2)C1. The van der Waals surface area contributed by atoms with Crippen molar-refractivity contribution in [3.8, 4) is 0 Å². The molecule has 2 heteroatoms. The third-order valence-electron chi connectivity index (χ3n) is 4.61. The number of aliphatic hydroxyl groups is 1. The second kappa shape index (κ2) is 6.02. The minimum absolute atomic E-state index is 0.380. The Morgan fingerprint density at radius 2 is 1.88 bits per heavy atom. The Balaban J connectivity index is 1.75. The summed E-state index contributed by atoms with van der Waals surface area (Å²) in [5.41, 5.74) is 0. The van der Waals surface area contributed by atoms with E-state index in [0.717, 1.165) is 24.3 Å². The molecule has 0 radical (unpaired) electrons. The maximum atomic E-state index is 8.95. The average Bonchev–Trinajstić information content (AvgIpc) is 2.30. The van der Waals surface area contributed by atoms with Gasteiger partial charge in [0.2, 0.25) is 0 Å². The van der Waals surface area contributed by atoms with Gasteiger partial charge in [0.15, 0.2) is 0 Å². The van der Waals surface area contributed by atoms with E-state index >= 15 is 0 Å². The van der Waals surface area contributed by atoms with Crippen molar-refractivity contribution < 1.29 is 5.11 Å². The number of rotatable bonds is 3. The Morgan fingerprint density at radius 3 is 2.50 bits per heavy atom. The van der Waals surface area contributed by atoms with Gasteiger partial charge in [0.25, 0.3) is 0 Å². The molecule has 0 bridgehead atoms. The van der Waals surface area contributed by atoms with Crippen LogP contribution in [0, 0.1) is 11.8 Å². The number of nitrogens with zero attached hydrogens (tertiary/aromatic N) is 1. The first kappa shape index (κ1) is 12.4. The van der Waals surface area contributed by atoms with Crippen LogP contribution >= 0.6 is 0 Å². The van der Waals surface area contributed by atoms with Gasteiger partial charge < -0.3 is 10.0 Å². The molecule has 1 saturated carbocycles. The lowest BCUT2D eigenvalue weighted by Crippen LogP contribution is -2.43. The van der Waals surface area contributed by atoms with Crippen LogP contribution in [-0.4, -0.2) is 35.7 Å². The first-order chi connectivity index (χ1) is 7.79. The van der Waals surface area contributed by atoms with E-state index in [-0.39, 0.29) is 0 Å². The van der Waals surface area contributed by atoms with E-state index in [0.29, 0.717) is 6.61 Å². The summed E-state index contributed by atoms with van der Waals surface area (Å²) in [5, 5.41) is 8.95. The molecule has 16 heavy (non-hydrogen) atoms. The number of likely N-dealkylation sites (tertiary alicyclic amines) is 1. The van der Waals surface area contributed by atoms with Crippen LogP contribution < -0.4 is 0 Å². The summed E-state index contributed by atoms with van der Waals surface area (Å²) in [4.78, 5) is 2.73. The van der Waals surface area contributed by atoms with Gasteiger partial charge in [-0.25, -0.2) is 0 Å². The molecule has 1 saturated heterocycles. The summed E-state index contributed by atoms with van der Waals surface area (Å²) < 4.78 is 0. The monoisotopic (exact) mass is 225 g/mol. The predicted octanol–water partition coefficient (Wildman–Crippen LogP) is 2.66. The van der Waals surface area contributed by atoms with Gasteiger partial charge in [-0.3, -0.25) is 0 Å². The Bertz CT molecular complexity index is 199. The third kappa shape index (κ3) is 3.21. The van der Waals surface area contributed by atoms with Gasteiger partial charge in [0.1, 0.15) is 0 Å². The maximum Gasteiger partial charge on any atom is 0.0433 e. The normalized spacial score (nSPS) is 34.1. The number of hydrogen-bond acceptors (Lipinski definition) is 2. The van der Waals surface area contributed by atoms with Crippen molar-refractivity contribution in [1.82, 2.24) is 4.90 Å². The molecule has 2 nitrogen and oxygen atoms in total. The van der Waals surface area contributed by atoms with E-state index in [4.69, 9.17) is 5.11 Å². The summed E-state index contributed by atoms with van der Waals surface area (Å²) >= 11 is 0. The first-order valence-electron chi connectivity index (χ1n) is 7.14. The number of aliphatic hydroxyl groups excluding tert-OH is 1. The van der Waals surface area contributed by atoms with Crippen molar-refractivity contribution >= 4 is 0 Å². The summed E-state index contributed by atoms with van der Waals surface area (Å²) in [6, 6.07) is 0.874. The highest BCUT2D eigenvalue weighted by molar-refractivity contribution is 4.82. The fourth-order valence-electron chi connectivity index (χ4n) is 3.52. The van der Waals surface area contributed by atoms with Gasteiger partial charge in [-0.1, -0.05) is 19.8 Å². The minimum atomic E-state index is 0.380. The van der Waals surface area contributed by atoms with Crippen LogP contribution in [0.5, 0.6) is 0 Å². The van der Waals surface area contributed by atoms with E-state index in [2.05, 4.69) is 11.8 Å². The lowest BCUT2D eigenvalue weighted by atomic mass is 9.84. The number of hydrogen-bond donors (Lipinski definition) is 1. The Labute approximate surface area is 100 Å². The molecule has 0 amide bonds. The zero-order valence-corrected chi connectivity index (χ0v) is 10.7. The second-order valence-electron chi connectivity index (χ2n) is 5.92. The van der Waals surface area contributed by atoms with E-state index < -0.39 is 0 Å². The maximum absolute atomic E-state index is 8.95. The molecule has 1 N–H and O–H groups in total. The smallest absolute Gasteiger partial charge is 0.0433 e. The summed E-state index contributed by atoms with van der Waals surface area (Å²) in [7, 11) is 0. The van der Waals surface area contributed by atoms with Gasteiger partial charge in [-0.15, -0.1) is 0 Å². The first-order valence-corrected chi connectivity index (χ1v) is 7.14. The van der Waals surface area contributed by atoms with Crippen LogP contribution in [0.3, 0.4) is 0 Å². The van der Waals surface area contributed by atoms with Crippen LogP contribution in [0.1, 0.15) is 51.9 Å². The van der Waals surface area contributed by atoms with Gasteiger partial charge in [0, 0.05) is 12.6 Å². The van der Waals surface area contributed by atoms with E-state index in [9.17, 15) is 0 Å². The van der Waals surface area contributed by atoms with Crippen molar-refractivity contribution in [3.63, 3.8) is 0 Å². The molecule has 1 aliphatic heterocycles. The summed E-state index contributed by atoms with van der Waals surface area (Å²) in [6.45, 7) is 5.35. The molecular weight excluding hydrogens is 198 g/mol. The molecule has 2 atom stereocenters. The van der Waals surface area contributed by atoms with Gasteiger partial charge in [0.05, 0.1) is 0 Å². The third-order valence-corrected chi connectivity index (χ3v) is 4.61. The highest BCUT2D eigenvalue weighted by Gasteiger charge is 2.27. The zero-order valence-electron chi connectivity index (χ0n) is 10.7. The molecule has 2 aliphatic rings. The molecule has 2 fully saturated rings. The van der Waals surface area contributed by atoms with Crippen molar-refractivity contribution in [3.05, 3.63) is 0 Å². The fraction of sp³-hybridized carbons (Fsp3) is 1.00. The highest BCUT2D eigenvalue weighted by Crippen LogP contribution is 2.30. The largest absolute Gasteiger partial charge is 0.396 e. The van der Waals surface area contributed by atoms with E-state index in [1.807, 2.05) is 0 Å². The van der Waals surface area contributed by atoms with Crippen molar-refractivity contribution in [2.24, 2.45) is 11.8 Å². The quantitative estimate of drug-likeness (QED) is 0.798. The van der Waals surface area contributed by atoms with Gasteiger partial charge in [-0.2, -0.15) is 0 Å². The average molecular weight is 225 g/mol. The molecule has 1 aliphatic carbocycles. The van der Waals surface area contributed by atoms with Crippen LogP contribution in [0.4, 0.5) is 0 Å². The molecule has 0 aromatic rings. The van der Waals surface area contributed by atoms with Crippen LogP contribution in [-0.2, 0) is 0 Å². The predicted molar refractivity (Wildman–Crippen MR) is 67.4 cm³/mol. The van der Waals surface area contributed by atoms with E-state index in [1.54, 1.807) is 0 Å². The lowest BCUT2D eigenvalue weighted by molar-refractivity contribution is 0.0854. The topological polar surface area (TPSA) is 23.5 Å². The minimum Gasteiger partial charge on any atom is -0.396 e. The second-order valence-corrected chi connectivity index (χ2v) is 5.92. The molecule has 0 aromatic heterocycles. The molecule has 0 spiro atoms. The van der Waals surface area contributed by atoms with E-state index in [1.165, 1.54) is 51.6 Å². The van der Waals surface area contributed by atoms with Crippen LogP contribution in [0.15, 0.2) is 0 Å². The molecule has 94 valence electrons. The Kier molecular flexibility index (Phi) is 4.66. The summed E-state index contributed by atoms with van der Waals surface area (Å²) in [5.74, 6) is 1.73. The van der Waals surface area contributed by atoms with Crippen molar-refractivity contribution in [2.75, 3.05) is 19.7 Å². The molecule has 0 unspecified atom stereocenters. The molecule has 0 aromatic carbocycles. The fourth-order valence-corrected chi connectivity index (χ4v) is 3.52. The lowest BCUT2D eigenvalue weighted by Gasteiger charge is -2.40. The Morgan fingerprint density at radius 1 is 1.12 bits per heavy atom. The number of piperidine rings is 1. The van der Waals surface area contributed by atoms with Gasteiger partial charge in [-0.05, 0) is 57.0 Å². The van der Waals surface area contributed by atoms with Crippen molar-refractivity contribution in [2.45, 2.75) is 57.9 Å². The standard InChI is InChI=1S/C14H27NO/c1-12-3-2-4-14(11-12)15-8-5-13(6-9-15)7-10-16/h12-14,16H,2-11H2,1H3/t12-,14-/m1/s1. The van der Waals surface area contributed by atoms with Crippen LogP contribution in [0.2, 0.25) is 0 Å². The highest BCUT2D eigenvalue weighted by atomic mass is 16.3. The van der Waals surface area contributed by atoms with Crippen molar-refractivity contribution in [1.29, 1.82) is 0 Å². The Hall–Kier alpha value is -0.0800. The summed E-state index contributed by atoms with van der Waals surface area (Å²) in [6.07, 6.45) is 9.37. The molecule has 1 heterocycles. The molecular formula is C14H27NO. The zero-order chi connectivity index (χ0) is 11.4.